The number of nitrogens with zero attached hydrogens (tertiary/aromatic N) is 2. The van der Waals surface area contributed by atoms with Gasteiger partial charge >= 0.3 is 0 Å². The Morgan fingerprint density at radius 1 is 0.914 bits per heavy atom. The molecule has 0 atom stereocenters. The first-order chi connectivity index (χ1) is 16.3. The molecule has 35 heavy (non-hydrogen) atoms. The highest BCUT2D eigenvalue weighted by Crippen LogP contribution is 2.44. The minimum atomic E-state index is -3.84. The predicted molar refractivity (Wildman–Crippen MR) is 139 cm³/mol. The lowest BCUT2D eigenvalue weighted by Crippen LogP contribution is -2.29. The highest BCUT2D eigenvalue weighted by atomic mass is 33.1. The molecule has 1 aliphatic rings. The van der Waals surface area contributed by atoms with Gasteiger partial charge in [0, 0.05) is 22.2 Å². The smallest absolute Gasteiger partial charge is 0.264 e. The quantitative estimate of drug-likeness (QED) is 0.413. The summed E-state index contributed by atoms with van der Waals surface area (Å²) < 4.78 is 54.6. The van der Waals surface area contributed by atoms with Gasteiger partial charge < -0.3 is 0 Å². The van der Waals surface area contributed by atoms with Crippen molar-refractivity contribution >= 4 is 35.4 Å². The molecule has 3 aromatic carbocycles. The van der Waals surface area contributed by atoms with E-state index in [-0.39, 0.29) is 16.3 Å². The van der Waals surface area contributed by atoms with Crippen LogP contribution < -0.4 is 4.31 Å². The molecule has 6 nitrogen and oxygen atoms in total. The van der Waals surface area contributed by atoms with Crippen molar-refractivity contribution in [3.05, 3.63) is 82.9 Å². The molecule has 0 saturated heterocycles. The molecule has 1 aliphatic heterocycles. The van der Waals surface area contributed by atoms with Crippen molar-refractivity contribution in [2.75, 3.05) is 10.8 Å². The number of sulfonamides is 1. The van der Waals surface area contributed by atoms with Crippen molar-refractivity contribution in [2.45, 2.75) is 54.2 Å². The maximum Gasteiger partial charge on any atom is 0.264 e. The maximum atomic E-state index is 13.4. The van der Waals surface area contributed by atoms with Crippen LogP contribution in [0.5, 0.6) is 0 Å². The third-order valence-electron chi connectivity index (χ3n) is 5.92. The van der Waals surface area contributed by atoms with Crippen molar-refractivity contribution in [1.82, 2.24) is 0 Å². The first-order valence-electron chi connectivity index (χ1n) is 11.0. The highest BCUT2D eigenvalue weighted by molar-refractivity contribution is 8.72. The Labute approximate surface area is 211 Å². The lowest BCUT2D eigenvalue weighted by atomic mass is 9.86. The molecule has 4 rings (SSSR count). The van der Waals surface area contributed by atoms with Crippen molar-refractivity contribution in [1.29, 1.82) is 5.26 Å². The first-order valence-corrected chi connectivity index (χ1v) is 15.3. The Hall–Kier alpha value is -2.80. The van der Waals surface area contributed by atoms with Crippen molar-refractivity contribution in [3.63, 3.8) is 0 Å². The zero-order valence-corrected chi connectivity index (χ0v) is 22.4. The summed E-state index contributed by atoms with van der Waals surface area (Å²) >= 11 is 0. The molecule has 0 aromatic heterocycles. The van der Waals surface area contributed by atoms with E-state index in [1.165, 1.54) is 28.6 Å². The Kier molecular flexibility index (Phi) is 6.51. The van der Waals surface area contributed by atoms with Gasteiger partial charge in [-0.2, -0.15) is 5.26 Å². The molecule has 0 bridgehead atoms. The number of aryl methyl sites for hydroxylation is 1. The number of benzene rings is 3. The largest absolute Gasteiger partial charge is 0.266 e. The Morgan fingerprint density at radius 3 is 2.09 bits per heavy atom. The minimum absolute atomic E-state index is 0.113. The summed E-state index contributed by atoms with van der Waals surface area (Å²) in [5, 5.41) is 9.02. The first kappa shape index (κ1) is 25.3. The number of fused-ring (bicyclic) bond motifs is 1. The van der Waals surface area contributed by atoms with Crippen LogP contribution in [0, 0.1) is 18.3 Å². The van der Waals surface area contributed by atoms with Crippen molar-refractivity contribution in [3.8, 4) is 6.07 Å². The Bertz CT molecular complexity index is 1530. The molecule has 3 aromatic rings. The van der Waals surface area contributed by atoms with Gasteiger partial charge in [0.25, 0.3) is 10.0 Å². The molecule has 0 saturated carbocycles. The van der Waals surface area contributed by atoms with Crippen LogP contribution in [0.3, 0.4) is 0 Å². The highest BCUT2D eigenvalue weighted by Gasteiger charge is 2.34. The normalized spacial score (nSPS) is 14.0. The van der Waals surface area contributed by atoms with Crippen LogP contribution in [-0.2, 0) is 30.7 Å². The molecule has 0 unspecified atom stereocenters. The number of hydrogen-bond donors (Lipinski definition) is 0. The fraction of sp³-hybridized carbons (Fsp3) is 0.269. The van der Waals surface area contributed by atoms with Gasteiger partial charge in [0.2, 0.25) is 8.87 Å². The van der Waals surface area contributed by atoms with E-state index in [1.807, 2.05) is 45.9 Å². The fourth-order valence-corrected chi connectivity index (χ4v) is 8.68. The summed E-state index contributed by atoms with van der Waals surface area (Å²) in [7, 11) is -6.69. The number of nitriles is 1. The minimum Gasteiger partial charge on any atom is -0.266 e. The molecule has 9 heteroatoms. The van der Waals surface area contributed by atoms with Gasteiger partial charge in [-0.1, -0.05) is 38.5 Å². The van der Waals surface area contributed by atoms with Gasteiger partial charge in [-0.25, -0.2) is 16.8 Å². The van der Waals surface area contributed by atoms with E-state index in [1.54, 1.807) is 24.3 Å². The van der Waals surface area contributed by atoms with E-state index >= 15 is 0 Å². The summed E-state index contributed by atoms with van der Waals surface area (Å²) in [5.41, 5.74) is 3.06. The summed E-state index contributed by atoms with van der Waals surface area (Å²) in [5.74, 6) is 0. The maximum absolute atomic E-state index is 13.4. The molecule has 0 aliphatic carbocycles. The average Bonchev–Trinajstić information content (AvgIpc) is 3.21. The molecule has 0 amide bonds. The van der Waals surface area contributed by atoms with E-state index in [0.29, 0.717) is 22.6 Å². The Morgan fingerprint density at radius 2 is 1.51 bits per heavy atom. The zero-order valence-electron chi connectivity index (χ0n) is 19.9. The van der Waals surface area contributed by atoms with Crippen molar-refractivity contribution < 1.29 is 16.8 Å². The lowest BCUT2D eigenvalue weighted by Gasteiger charge is -2.26. The van der Waals surface area contributed by atoms with Crippen LogP contribution in [0.2, 0.25) is 0 Å². The third-order valence-corrected chi connectivity index (χ3v) is 11.1. The standard InChI is InChI=1S/C26H26N2O4S3/c1-18-5-9-22(10-6-18)35(31,32)33-25-15-20-13-14-28(24(20)16-23(25)26(2,3)4)34(29,30)21-11-7-19(17-27)8-12-21/h5-12,15-16H,13-14H2,1-4H3. The lowest BCUT2D eigenvalue weighted by molar-refractivity contribution is 0.577. The van der Waals surface area contributed by atoms with Crippen LogP contribution in [0.4, 0.5) is 5.69 Å². The summed E-state index contributed by atoms with van der Waals surface area (Å²) in [4.78, 5) is 0.954. The third kappa shape index (κ3) is 4.96. The van der Waals surface area contributed by atoms with Crippen LogP contribution >= 0.6 is 10.8 Å². The van der Waals surface area contributed by atoms with Crippen LogP contribution in [-0.4, -0.2) is 23.4 Å². The molecule has 182 valence electrons. The second kappa shape index (κ2) is 9.01. The van der Waals surface area contributed by atoms with E-state index in [9.17, 15) is 16.8 Å². The van der Waals surface area contributed by atoms with E-state index in [4.69, 9.17) is 5.26 Å². The van der Waals surface area contributed by atoms with Gasteiger partial charge in [0.1, 0.15) is 0 Å². The molecule has 0 radical (unpaired) electrons. The van der Waals surface area contributed by atoms with E-state index in [0.717, 1.165) is 27.5 Å². The average molecular weight is 527 g/mol. The van der Waals surface area contributed by atoms with Crippen LogP contribution in [0.15, 0.2) is 75.4 Å². The summed E-state index contributed by atoms with van der Waals surface area (Å²) in [6.07, 6.45) is 0.480. The van der Waals surface area contributed by atoms with Crippen LogP contribution in [0.1, 0.15) is 43.0 Å². The number of anilines is 1. The van der Waals surface area contributed by atoms with E-state index < -0.39 is 24.3 Å². The van der Waals surface area contributed by atoms with Gasteiger partial charge in [-0.05, 0) is 78.4 Å². The SMILES string of the molecule is Cc1ccc(S(=O)(=O)Sc2cc3c(cc2C(C)(C)C)N(S(=O)(=O)c2ccc(C#N)cc2)CC3)cc1. The van der Waals surface area contributed by atoms with Crippen LogP contribution in [0.25, 0.3) is 0 Å². The number of rotatable bonds is 5. The summed E-state index contributed by atoms with van der Waals surface area (Å²) in [6.45, 7) is 8.10. The monoisotopic (exact) mass is 526 g/mol. The molecular formula is C26H26N2O4S3. The molecular weight excluding hydrogens is 500 g/mol. The zero-order chi connectivity index (χ0) is 25.6. The molecule has 1 heterocycles. The predicted octanol–water partition coefficient (Wildman–Crippen LogP) is 5.40. The van der Waals surface area contributed by atoms with Gasteiger partial charge in [0.15, 0.2) is 0 Å². The Balaban J connectivity index is 1.77. The second-order valence-corrected chi connectivity index (χ2v) is 15.2. The van der Waals surface area contributed by atoms with Gasteiger partial charge in [0.05, 0.1) is 27.1 Å². The molecule has 0 spiro atoms. The van der Waals surface area contributed by atoms with Crippen molar-refractivity contribution in [2.24, 2.45) is 0 Å². The van der Waals surface area contributed by atoms with E-state index in [2.05, 4.69) is 0 Å². The topological polar surface area (TPSA) is 95.3 Å². The molecule has 0 N–H and O–H groups in total. The van der Waals surface area contributed by atoms with Gasteiger partial charge in [-0.15, -0.1) is 0 Å². The summed E-state index contributed by atoms with van der Waals surface area (Å²) in [6, 6.07) is 18.2. The van der Waals surface area contributed by atoms with Gasteiger partial charge in [-0.3, -0.25) is 4.31 Å². The fourth-order valence-electron chi connectivity index (χ4n) is 3.99. The number of hydrogen-bond acceptors (Lipinski definition) is 6. The second-order valence-electron chi connectivity index (χ2n) is 9.54. The molecule has 0 fully saturated rings.